The van der Waals surface area contributed by atoms with Crippen molar-refractivity contribution < 1.29 is 13.2 Å². The van der Waals surface area contributed by atoms with Crippen LogP contribution >= 0.6 is 0 Å². The minimum atomic E-state index is -4.30. The second-order valence-corrected chi connectivity index (χ2v) is 4.91. The first-order valence-electron chi connectivity index (χ1n) is 6.25. The van der Waals surface area contributed by atoms with Gasteiger partial charge in [0.25, 0.3) is 0 Å². The highest BCUT2D eigenvalue weighted by molar-refractivity contribution is 5.60. The highest BCUT2D eigenvalue weighted by Crippen LogP contribution is 2.33. The van der Waals surface area contributed by atoms with Crippen LogP contribution in [0.2, 0.25) is 0 Å². The molecule has 0 saturated heterocycles. The minimum Gasteiger partial charge on any atom is -0.329 e. The van der Waals surface area contributed by atoms with E-state index in [-0.39, 0.29) is 6.04 Å². The third kappa shape index (κ3) is 3.36. The lowest BCUT2D eigenvalue weighted by molar-refractivity contribution is -0.137. The molecule has 5 heteroatoms. The third-order valence-corrected chi connectivity index (χ3v) is 3.38. The molecular weight excluding hydrogens is 253 g/mol. The lowest BCUT2D eigenvalue weighted by atomic mass is 9.88. The molecule has 19 heavy (non-hydrogen) atoms. The van der Waals surface area contributed by atoms with Crippen molar-refractivity contribution in [3.63, 3.8) is 0 Å². The second-order valence-electron chi connectivity index (χ2n) is 4.91. The fourth-order valence-corrected chi connectivity index (χ4v) is 2.30. The van der Waals surface area contributed by atoms with E-state index in [0.717, 1.165) is 30.0 Å². The average Bonchev–Trinajstić information content (AvgIpc) is 2.36. The largest absolute Gasteiger partial charge is 0.416 e. The van der Waals surface area contributed by atoms with E-state index < -0.39 is 11.7 Å². The van der Waals surface area contributed by atoms with Crippen LogP contribution in [-0.4, -0.2) is 12.6 Å². The van der Waals surface area contributed by atoms with Gasteiger partial charge in [0.05, 0.1) is 5.56 Å². The molecule has 1 aliphatic rings. The van der Waals surface area contributed by atoms with Crippen LogP contribution < -0.4 is 11.5 Å². The van der Waals surface area contributed by atoms with Crippen LogP contribution in [0, 0.1) is 0 Å². The van der Waals surface area contributed by atoms with Gasteiger partial charge in [0.2, 0.25) is 0 Å². The molecule has 0 radical (unpaired) electrons. The molecule has 1 aromatic rings. The SMILES string of the molecule is NC[C@@H](N)CC1=Cc2cc(C(F)(F)F)ccc2CC1. The maximum atomic E-state index is 12.7. The minimum absolute atomic E-state index is 0.126. The zero-order valence-corrected chi connectivity index (χ0v) is 10.5. The van der Waals surface area contributed by atoms with Gasteiger partial charge in [-0.25, -0.2) is 0 Å². The van der Waals surface area contributed by atoms with Gasteiger partial charge in [-0.05, 0) is 42.5 Å². The monoisotopic (exact) mass is 270 g/mol. The highest BCUT2D eigenvalue weighted by atomic mass is 19.4. The maximum absolute atomic E-state index is 12.7. The van der Waals surface area contributed by atoms with Crippen LogP contribution in [0.4, 0.5) is 13.2 Å². The molecule has 0 aromatic heterocycles. The molecule has 2 nitrogen and oxygen atoms in total. The summed E-state index contributed by atoms with van der Waals surface area (Å²) in [6, 6.07) is 3.79. The van der Waals surface area contributed by atoms with Crippen LogP contribution in [0.3, 0.4) is 0 Å². The van der Waals surface area contributed by atoms with Gasteiger partial charge >= 0.3 is 6.18 Å². The van der Waals surface area contributed by atoms with Crippen LogP contribution in [0.1, 0.15) is 29.5 Å². The topological polar surface area (TPSA) is 52.0 Å². The zero-order valence-electron chi connectivity index (χ0n) is 10.5. The van der Waals surface area contributed by atoms with Gasteiger partial charge in [-0.3, -0.25) is 0 Å². The molecule has 104 valence electrons. The lowest BCUT2D eigenvalue weighted by Crippen LogP contribution is -2.30. The Morgan fingerprint density at radius 3 is 2.58 bits per heavy atom. The Hall–Kier alpha value is -1.33. The number of halogens is 3. The normalized spacial score (nSPS) is 16.8. The molecule has 0 spiro atoms. The fraction of sp³-hybridized carbons (Fsp3) is 0.429. The summed E-state index contributed by atoms with van der Waals surface area (Å²) in [4.78, 5) is 0. The molecule has 0 unspecified atom stereocenters. The first-order chi connectivity index (χ1) is 8.90. The Labute approximate surface area is 110 Å². The van der Waals surface area contributed by atoms with Gasteiger partial charge in [0.15, 0.2) is 0 Å². The Bertz CT molecular complexity index is 492. The Morgan fingerprint density at radius 1 is 1.21 bits per heavy atom. The summed E-state index contributed by atoms with van der Waals surface area (Å²) in [7, 11) is 0. The van der Waals surface area contributed by atoms with Crippen molar-refractivity contribution >= 4 is 6.08 Å². The standard InChI is InChI=1S/C14H17F3N2/c15-14(16,17)12-4-3-10-2-1-9(5-11(10)7-12)6-13(19)8-18/h3-5,7,13H,1-2,6,8,18-19H2/t13-/m0/s1. The van der Waals surface area contributed by atoms with Crippen LogP contribution in [0.5, 0.6) is 0 Å². The number of hydrogen-bond acceptors (Lipinski definition) is 2. The number of aryl methyl sites for hydroxylation is 1. The van der Waals surface area contributed by atoms with Gasteiger partial charge in [0, 0.05) is 12.6 Å². The first kappa shape index (κ1) is 14.1. The predicted octanol–water partition coefficient (Wildman–Crippen LogP) is 2.71. The van der Waals surface area contributed by atoms with Crippen molar-refractivity contribution in [3.8, 4) is 0 Å². The zero-order chi connectivity index (χ0) is 14.0. The van der Waals surface area contributed by atoms with E-state index in [0.29, 0.717) is 18.5 Å². The quantitative estimate of drug-likeness (QED) is 0.887. The smallest absolute Gasteiger partial charge is 0.329 e. The Morgan fingerprint density at radius 2 is 1.95 bits per heavy atom. The Balaban J connectivity index is 2.27. The number of hydrogen-bond donors (Lipinski definition) is 2. The van der Waals surface area contributed by atoms with Crippen LogP contribution in [0.15, 0.2) is 23.8 Å². The summed E-state index contributed by atoms with van der Waals surface area (Å²) in [6.45, 7) is 0.382. The Kier molecular flexibility index (Phi) is 3.96. The van der Waals surface area contributed by atoms with Crippen LogP contribution in [0.25, 0.3) is 6.08 Å². The van der Waals surface area contributed by atoms with Crippen molar-refractivity contribution in [1.82, 2.24) is 0 Å². The molecule has 0 aliphatic heterocycles. The highest BCUT2D eigenvalue weighted by Gasteiger charge is 2.31. The number of rotatable bonds is 3. The van der Waals surface area contributed by atoms with E-state index in [1.165, 1.54) is 6.07 Å². The van der Waals surface area contributed by atoms with Gasteiger partial charge < -0.3 is 11.5 Å². The van der Waals surface area contributed by atoms with E-state index >= 15 is 0 Å². The molecule has 1 aromatic carbocycles. The molecule has 0 heterocycles. The number of fused-ring (bicyclic) bond motifs is 1. The van der Waals surface area contributed by atoms with E-state index in [4.69, 9.17) is 11.5 Å². The van der Waals surface area contributed by atoms with Crippen molar-refractivity contribution in [1.29, 1.82) is 0 Å². The summed E-state index contributed by atoms with van der Waals surface area (Å²) in [5, 5.41) is 0. The summed E-state index contributed by atoms with van der Waals surface area (Å²) in [5.74, 6) is 0. The van der Waals surface area contributed by atoms with Gasteiger partial charge in [-0.2, -0.15) is 13.2 Å². The van der Waals surface area contributed by atoms with Crippen molar-refractivity contribution in [2.45, 2.75) is 31.5 Å². The molecular formula is C14H17F3N2. The van der Waals surface area contributed by atoms with E-state index in [1.54, 1.807) is 6.07 Å². The van der Waals surface area contributed by atoms with E-state index in [2.05, 4.69) is 0 Å². The third-order valence-electron chi connectivity index (χ3n) is 3.38. The second kappa shape index (κ2) is 5.35. The van der Waals surface area contributed by atoms with Crippen molar-refractivity contribution in [3.05, 3.63) is 40.5 Å². The maximum Gasteiger partial charge on any atom is 0.416 e. The summed E-state index contributed by atoms with van der Waals surface area (Å²) >= 11 is 0. The molecule has 0 saturated carbocycles. The molecule has 0 fully saturated rings. The molecule has 1 aliphatic carbocycles. The average molecular weight is 270 g/mol. The van der Waals surface area contributed by atoms with E-state index in [9.17, 15) is 13.2 Å². The number of benzene rings is 1. The van der Waals surface area contributed by atoms with Gasteiger partial charge in [-0.1, -0.05) is 17.7 Å². The molecule has 0 amide bonds. The number of nitrogens with two attached hydrogens (primary N) is 2. The summed E-state index contributed by atoms with van der Waals surface area (Å²) < 4.78 is 38.0. The fourth-order valence-electron chi connectivity index (χ4n) is 2.30. The molecule has 0 bridgehead atoms. The van der Waals surface area contributed by atoms with E-state index in [1.807, 2.05) is 6.08 Å². The van der Waals surface area contributed by atoms with Crippen molar-refractivity contribution in [2.24, 2.45) is 11.5 Å². The summed E-state index contributed by atoms with van der Waals surface area (Å²) in [5.41, 5.74) is 13.3. The van der Waals surface area contributed by atoms with Crippen LogP contribution in [-0.2, 0) is 12.6 Å². The lowest BCUT2D eigenvalue weighted by Gasteiger charge is -2.20. The predicted molar refractivity (Wildman–Crippen MR) is 69.4 cm³/mol. The van der Waals surface area contributed by atoms with Gasteiger partial charge in [0.1, 0.15) is 0 Å². The molecule has 1 atom stereocenters. The summed E-state index contributed by atoms with van der Waals surface area (Å²) in [6.07, 6.45) is -0.230. The molecule has 4 N–H and O–H groups in total. The van der Waals surface area contributed by atoms with Crippen molar-refractivity contribution in [2.75, 3.05) is 6.54 Å². The first-order valence-corrected chi connectivity index (χ1v) is 6.25. The molecule has 2 rings (SSSR count). The number of alkyl halides is 3. The van der Waals surface area contributed by atoms with Gasteiger partial charge in [-0.15, -0.1) is 0 Å².